The molecule has 0 unspecified atom stereocenters. The second-order valence-electron chi connectivity index (χ2n) is 7.08. The van der Waals surface area contributed by atoms with Crippen LogP contribution in [-0.2, 0) is 23.0 Å². The molecular weight excluding hydrogens is 422 g/mol. The van der Waals surface area contributed by atoms with Crippen LogP contribution in [0.15, 0.2) is 72.8 Å². The maximum absolute atomic E-state index is 13.1. The van der Waals surface area contributed by atoms with E-state index in [0.29, 0.717) is 29.8 Å². The summed E-state index contributed by atoms with van der Waals surface area (Å²) >= 11 is 0. The lowest BCUT2D eigenvalue weighted by molar-refractivity contribution is 0.0954. The van der Waals surface area contributed by atoms with Gasteiger partial charge in [-0.1, -0.05) is 24.3 Å². The minimum absolute atomic E-state index is 0.0440. The number of halogens is 2. The van der Waals surface area contributed by atoms with Crippen molar-refractivity contribution in [3.8, 4) is 0 Å². The van der Waals surface area contributed by atoms with Crippen LogP contribution in [0.5, 0.6) is 0 Å². The summed E-state index contributed by atoms with van der Waals surface area (Å²) in [5.41, 5.74) is 2.32. The van der Waals surface area contributed by atoms with Gasteiger partial charge < -0.3 is 5.32 Å². The molecule has 1 amide bonds. The van der Waals surface area contributed by atoms with Crippen molar-refractivity contribution in [2.75, 3.05) is 17.1 Å². The molecular formula is C23H22F2N2O3S. The van der Waals surface area contributed by atoms with Crippen molar-refractivity contribution in [1.82, 2.24) is 5.32 Å². The molecule has 0 aliphatic rings. The molecule has 0 bridgehead atoms. The minimum Gasteiger partial charge on any atom is -0.352 e. The molecule has 0 aromatic heterocycles. The lowest BCUT2D eigenvalue weighted by atomic mass is 10.1. The van der Waals surface area contributed by atoms with Gasteiger partial charge >= 0.3 is 0 Å². The third kappa shape index (κ3) is 6.36. The number of sulfonamides is 1. The van der Waals surface area contributed by atoms with Crippen molar-refractivity contribution in [1.29, 1.82) is 0 Å². The molecule has 0 saturated carbocycles. The summed E-state index contributed by atoms with van der Waals surface area (Å²) in [5.74, 6) is -1.00. The largest absolute Gasteiger partial charge is 0.352 e. The number of rotatable bonds is 8. The molecule has 3 aromatic carbocycles. The molecule has 3 aromatic rings. The van der Waals surface area contributed by atoms with Gasteiger partial charge in [-0.15, -0.1) is 0 Å². The van der Waals surface area contributed by atoms with Crippen molar-refractivity contribution in [3.05, 3.63) is 101 Å². The second-order valence-corrected chi connectivity index (χ2v) is 8.98. The Kier molecular flexibility index (Phi) is 7.02. The lowest BCUT2D eigenvalue weighted by Gasteiger charge is -2.22. The summed E-state index contributed by atoms with van der Waals surface area (Å²) in [7, 11) is -3.59. The van der Waals surface area contributed by atoms with Gasteiger partial charge in [-0.2, -0.15) is 0 Å². The number of nitrogens with zero attached hydrogens (tertiary/aromatic N) is 1. The number of nitrogens with one attached hydrogen (secondary N) is 1. The average molecular weight is 445 g/mol. The van der Waals surface area contributed by atoms with E-state index in [0.717, 1.165) is 11.8 Å². The number of carbonyl (C=O) groups excluding carboxylic acids is 1. The van der Waals surface area contributed by atoms with Gasteiger partial charge in [-0.05, 0) is 66.1 Å². The number of anilines is 1. The van der Waals surface area contributed by atoms with Crippen LogP contribution in [0.4, 0.5) is 14.5 Å². The van der Waals surface area contributed by atoms with Gasteiger partial charge in [0.1, 0.15) is 11.6 Å². The number of benzene rings is 3. The Morgan fingerprint density at radius 1 is 0.839 bits per heavy atom. The van der Waals surface area contributed by atoms with E-state index in [-0.39, 0.29) is 18.3 Å². The smallest absolute Gasteiger partial charge is 0.251 e. The van der Waals surface area contributed by atoms with E-state index >= 15 is 0 Å². The maximum atomic E-state index is 13.1. The fourth-order valence-corrected chi connectivity index (χ4v) is 3.90. The Hall–Kier alpha value is -3.26. The van der Waals surface area contributed by atoms with Crippen LogP contribution in [0.3, 0.4) is 0 Å². The fourth-order valence-electron chi connectivity index (χ4n) is 3.01. The highest BCUT2D eigenvalue weighted by molar-refractivity contribution is 7.92. The molecule has 8 heteroatoms. The van der Waals surface area contributed by atoms with Gasteiger partial charge in [0.15, 0.2) is 0 Å². The molecule has 0 saturated heterocycles. The predicted molar refractivity (Wildman–Crippen MR) is 116 cm³/mol. The Balaban J connectivity index is 1.65. The van der Waals surface area contributed by atoms with Gasteiger partial charge in [0.25, 0.3) is 5.91 Å². The van der Waals surface area contributed by atoms with Crippen molar-refractivity contribution >= 4 is 21.6 Å². The molecule has 5 nitrogen and oxygen atoms in total. The van der Waals surface area contributed by atoms with E-state index in [1.54, 1.807) is 36.4 Å². The summed E-state index contributed by atoms with van der Waals surface area (Å²) in [6, 6.07) is 17.9. The van der Waals surface area contributed by atoms with Crippen molar-refractivity contribution in [3.63, 3.8) is 0 Å². The average Bonchev–Trinajstić information content (AvgIpc) is 2.74. The van der Waals surface area contributed by atoms with Crippen LogP contribution in [-0.4, -0.2) is 27.1 Å². The van der Waals surface area contributed by atoms with Gasteiger partial charge in [0.05, 0.1) is 18.5 Å². The lowest BCUT2D eigenvalue weighted by Crippen LogP contribution is -2.29. The van der Waals surface area contributed by atoms with E-state index < -0.39 is 15.8 Å². The molecule has 0 aliphatic heterocycles. The summed E-state index contributed by atoms with van der Waals surface area (Å²) in [6.07, 6.45) is 1.65. The highest BCUT2D eigenvalue weighted by Crippen LogP contribution is 2.21. The van der Waals surface area contributed by atoms with Crippen LogP contribution in [0, 0.1) is 11.6 Å². The molecule has 0 aliphatic carbocycles. The van der Waals surface area contributed by atoms with Gasteiger partial charge in [0.2, 0.25) is 10.0 Å². The molecule has 162 valence electrons. The number of hydrogen-bond donors (Lipinski definition) is 1. The first-order chi connectivity index (χ1) is 14.7. The summed E-state index contributed by atoms with van der Waals surface area (Å²) in [5, 5.41) is 2.79. The van der Waals surface area contributed by atoms with E-state index in [1.807, 2.05) is 0 Å². The highest BCUT2D eigenvalue weighted by Gasteiger charge is 2.18. The summed E-state index contributed by atoms with van der Waals surface area (Å²) < 4.78 is 51.8. The van der Waals surface area contributed by atoms with Gasteiger partial charge in [-0.25, -0.2) is 17.2 Å². The maximum Gasteiger partial charge on any atom is 0.251 e. The van der Waals surface area contributed by atoms with Crippen molar-refractivity contribution in [2.45, 2.75) is 13.0 Å². The SMILES string of the molecule is CS(=O)(=O)N(Cc1ccc(F)cc1)c1ccc(C(=O)NCCc2ccc(F)cc2)cc1. The Labute approximate surface area is 180 Å². The molecule has 0 atom stereocenters. The number of carbonyl (C=O) groups is 1. The zero-order valence-electron chi connectivity index (χ0n) is 16.9. The summed E-state index contributed by atoms with van der Waals surface area (Å²) in [4.78, 5) is 12.4. The monoisotopic (exact) mass is 444 g/mol. The van der Waals surface area contributed by atoms with E-state index in [2.05, 4.69) is 5.32 Å². The highest BCUT2D eigenvalue weighted by atomic mass is 32.2. The van der Waals surface area contributed by atoms with E-state index in [9.17, 15) is 22.0 Å². The Morgan fingerprint density at radius 2 is 1.35 bits per heavy atom. The van der Waals surface area contributed by atoms with Gasteiger partial charge in [-0.3, -0.25) is 9.10 Å². The Morgan fingerprint density at radius 3 is 1.87 bits per heavy atom. The molecule has 3 rings (SSSR count). The Bertz CT molecular complexity index is 1130. The molecule has 0 fully saturated rings. The zero-order valence-corrected chi connectivity index (χ0v) is 17.7. The predicted octanol–water partition coefficient (Wildman–Crippen LogP) is 3.90. The molecule has 1 N–H and O–H groups in total. The van der Waals surface area contributed by atoms with E-state index in [1.165, 1.54) is 40.7 Å². The topological polar surface area (TPSA) is 66.5 Å². The molecule has 0 radical (unpaired) electrons. The molecule has 31 heavy (non-hydrogen) atoms. The number of hydrogen-bond acceptors (Lipinski definition) is 3. The third-order valence-electron chi connectivity index (χ3n) is 4.67. The fraction of sp³-hybridized carbons (Fsp3) is 0.174. The van der Waals surface area contributed by atoms with Crippen molar-refractivity contribution < 1.29 is 22.0 Å². The minimum atomic E-state index is -3.59. The van der Waals surface area contributed by atoms with E-state index in [4.69, 9.17) is 0 Å². The second kappa shape index (κ2) is 9.70. The van der Waals surface area contributed by atoms with Crippen LogP contribution < -0.4 is 9.62 Å². The van der Waals surface area contributed by atoms with Crippen LogP contribution in [0.2, 0.25) is 0 Å². The number of amides is 1. The quantitative estimate of drug-likeness (QED) is 0.573. The zero-order chi connectivity index (χ0) is 22.4. The first kappa shape index (κ1) is 22.4. The van der Waals surface area contributed by atoms with Gasteiger partial charge in [0, 0.05) is 12.1 Å². The van der Waals surface area contributed by atoms with Crippen LogP contribution in [0.1, 0.15) is 21.5 Å². The third-order valence-corrected chi connectivity index (χ3v) is 5.81. The standard InChI is InChI=1S/C23H22F2N2O3S/c1-31(29,30)27(16-18-4-10-21(25)11-5-18)22-12-6-19(7-13-22)23(28)26-15-14-17-2-8-20(24)9-3-17/h2-13H,14-16H2,1H3,(H,26,28). The first-order valence-electron chi connectivity index (χ1n) is 9.57. The molecule has 0 heterocycles. The van der Waals surface area contributed by atoms with Crippen LogP contribution >= 0.6 is 0 Å². The first-order valence-corrected chi connectivity index (χ1v) is 11.4. The van der Waals surface area contributed by atoms with Crippen LogP contribution in [0.25, 0.3) is 0 Å². The normalized spacial score (nSPS) is 11.2. The van der Waals surface area contributed by atoms with Crippen molar-refractivity contribution in [2.24, 2.45) is 0 Å². The molecule has 0 spiro atoms. The summed E-state index contributed by atoms with van der Waals surface area (Å²) in [6.45, 7) is 0.425.